The van der Waals surface area contributed by atoms with Crippen LogP contribution in [0.5, 0.6) is 0 Å². The number of cyclic esters (lactones) is 1. The molecule has 190 valence electrons. The molecule has 3 aliphatic rings. The number of nitro groups is 1. The van der Waals surface area contributed by atoms with E-state index in [1.165, 1.54) is 10.6 Å². The van der Waals surface area contributed by atoms with Crippen LogP contribution < -0.4 is 5.56 Å². The Morgan fingerprint density at radius 1 is 1.24 bits per heavy atom. The highest BCUT2D eigenvalue weighted by Crippen LogP contribution is 2.42. The number of pyridine rings is 2. The van der Waals surface area contributed by atoms with E-state index in [1.54, 1.807) is 31.2 Å². The number of fused-ring (bicyclic) bond motifs is 5. The maximum absolute atomic E-state index is 13.6. The monoisotopic (exact) mass is 503 g/mol. The van der Waals surface area contributed by atoms with E-state index in [2.05, 4.69) is 4.98 Å². The Kier molecular flexibility index (Phi) is 5.36. The topological polar surface area (TPSA) is 131 Å². The first-order valence-electron chi connectivity index (χ1n) is 12.6. The third-order valence-corrected chi connectivity index (χ3v) is 7.91. The lowest BCUT2D eigenvalue weighted by atomic mass is 9.84. The van der Waals surface area contributed by atoms with Gasteiger partial charge in [-0.1, -0.05) is 32.3 Å². The molecule has 3 aromatic rings. The Balaban J connectivity index is 1.50. The highest BCUT2D eigenvalue weighted by Gasteiger charge is 2.51. The van der Waals surface area contributed by atoms with Gasteiger partial charge in [0.25, 0.3) is 11.2 Å². The van der Waals surface area contributed by atoms with Crippen LogP contribution in [-0.4, -0.2) is 26.4 Å². The zero-order valence-electron chi connectivity index (χ0n) is 20.3. The largest absolute Gasteiger partial charge is 0.457 e. The van der Waals surface area contributed by atoms with E-state index in [9.17, 15) is 24.5 Å². The standard InChI is InChI=1S/C27H25N3O7/c1-2-27(37-25(32)15-7-4-3-5-8-15)19-12-22-23-16(13-29(22)24(31)18(19)14-36-26(27)33)11-17-20(28-23)9-6-10-21(17)30(34)35/h6,9-12,15H,2-5,7-8,13-14H2,1H3. The minimum Gasteiger partial charge on any atom is -0.457 e. The highest BCUT2D eigenvalue weighted by molar-refractivity contribution is 5.92. The van der Waals surface area contributed by atoms with Gasteiger partial charge in [0.1, 0.15) is 6.61 Å². The van der Waals surface area contributed by atoms with Crippen LogP contribution in [0.15, 0.2) is 35.1 Å². The molecule has 6 rings (SSSR count). The van der Waals surface area contributed by atoms with Gasteiger partial charge in [0.15, 0.2) is 0 Å². The molecule has 0 spiro atoms. The second-order valence-corrected chi connectivity index (χ2v) is 9.92. The van der Waals surface area contributed by atoms with Crippen molar-refractivity contribution in [3.05, 3.63) is 67.5 Å². The summed E-state index contributed by atoms with van der Waals surface area (Å²) < 4.78 is 12.9. The number of esters is 2. The fourth-order valence-corrected chi connectivity index (χ4v) is 5.90. The van der Waals surface area contributed by atoms with Crippen molar-refractivity contribution in [1.29, 1.82) is 0 Å². The van der Waals surface area contributed by atoms with Crippen molar-refractivity contribution in [1.82, 2.24) is 9.55 Å². The van der Waals surface area contributed by atoms with Gasteiger partial charge in [-0.05, 0) is 37.5 Å². The molecule has 10 nitrogen and oxygen atoms in total. The van der Waals surface area contributed by atoms with Crippen molar-refractivity contribution in [2.45, 2.75) is 64.2 Å². The van der Waals surface area contributed by atoms with Crippen LogP contribution in [0.3, 0.4) is 0 Å². The summed E-state index contributed by atoms with van der Waals surface area (Å²) in [5.41, 5.74) is 0.549. The number of carbonyl (C=O) groups is 2. The zero-order valence-corrected chi connectivity index (χ0v) is 20.3. The number of carbonyl (C=O) groups excluding carboxylic acids is 2. The first kappa shape index (κ1) is 23.3. The average molecular weight is 504 g/mol. The average Bonchev–Trinajstić information content (AvgIpc) is 3.27. The number of hydrogen-bond donors (Lipinski definition) is 0. The summed E-state index contributed by atoms with van der Waals surface area (Å²) in [5, 5.41) is 11.9. The number of ether oxygens (including phenoxy) is 2. The molecule has 1 aliphatic carbocycles. The molecule has 0 N–H and O–H groups in total. The number of nitro benzene ring substituents is 1. The molecule has 1 fully saturated rings. The lowest BCUT2D eigenvalue weighted by Crippen LogP contribution is -2.48. The smallest absolute Gasteiger partial charge is 0.355 e. The van der Waals surface area contributed by atoms with Crippen LogP contribution in [0, 0.1) is 16.0 Å². The van der Waals surface area contributed by atoms with Crippen molar-refractivity contribution in [3.63, 3.8) is 0 Å². The molecule has 2 aromatic heterocycles. The SMILES string of the molecule is CCC1(OC(=O)C2CCCCC2)C(=O)OCc2c1cc1n(c2=O)Cc2cc3c([N+](=O)[O-])cccc3nc2-1. The number of non-ortho nitro benzene ring substituents is 1. The van der Waals surface area contributed by atoms with Gasteiger partial charge in [0.05, 0.1) is 45.2 Å². The fourth-order valence-electron chi connectivity index (χ4n) is 5.90. The second kappa shape index (κ2) is 8.50. The van der Waals surface area contributed by atoms with E-state index in [0.29, 0.717) is 46.3 Å². The third-order valence-electron chi connectivity index (χ3n) is 7.91. The molecule has 37 heavy (non-hydrogen) atoms. The number of hydrogen-bond acceptors (Lipinski definition) is 8. The van der Waals surface area contributed by atoms with E-state index in [0.717, 1.165) is 19.3 Å². The van der Waals surface area contributed by atoms with Gasteiger partial charge in [0.2, 0.25) is 5.60 Å². The van der Waals surface area contributed by atoms with Crippen molar-refractivity contribution in [2.75, 3.05) is 0 Å². The van der Waals surface area contributed by atoms with E-state index >= 15 is 0 Å². The molecular weight excluding hydrogens is 478 g/mol. The van der Waals surface area contributed by atoms with Gasteiger partial charge in [-0.25, -0.2) is 9.78 Å². The quantitative estimate of drug-likeness (QED) is 0.231. The number of rotatable bonds is 4. The molecule has 1 atom stereocenters. The summed E-state index contributed by atoms with van der Waals surface area (Å²) in [6.07, 6.45) is 4.48. The molecule has 4 heterocycles. The van der Waals surface area contributed by atoms with Crippen molar-refractivity contribution in [3.8, 4) is 11.4 Å². The van der Waals surface area contributed by atoms with E-state index in [4.69, 9.17) is 9.47 Å². The molecule has 10 heteroatoms. The molecule has 0 saturated heterocycles. The normalized spacial score (nSPS) is 20.6. The molecule has 1 aromatic carbocycles. The van der Waals surface area contributed by atoms with Crippen LogP contribution in [0.25, 0.3) is 22.3 Å². The van der Waals surface area contributed by atoms with Gasteiger partial charge in [-0.3, -0.25) is 19.7 Å². The Labute approximate surface area is 211 Å². The highest BCUT2D eigenvalue weighted by atomic mass is 16.6. The fraction of sp³-hybridized carbons (Fsp3) is 0.407. The second-order valence-electron chi connectivity index (χ2n) is 9.92. The molecule has 2 aliphatic heterocycles. The Hall–Kier alpha value is -4.08. The van der Waals surface area contributed by atoms with Crippen molar-refractivity contribution >= 4 is 28.5 Å². The Bertz CT molecular complexity index is 1550. The summed E-state index contributed by atoms with van der Waals surface area (Å²) in [5.74, 6) is -1.41. The molecule has 1 unspecified atom stereocenters. The molecule has 0 amide bonds. The number of nitrogens with zero attached hydrogens (tertiary/aromatic N) is 3. The molecule has 0 bridgehead atoms. The molecule has 1 saturated carbocycles. The van der Waals surface area contributed by atoms with Crippen LogP contribution in [-0.2, 0) is 37.8 Å². The van der Waals surface area contributed by atoms with Gasteiger partial charge in [0, 0.05) is 17.2 Å². The van der Waals surface area contributed by atoms with Crippen LogP contribution >= 0.6 is 0 Å². The minimum atomic E-state index is -1.71. The summed E-state index contributed by atoms with van der Waals surface area (Å²) in [7, 11) is 0. The number of benzene rings is 1. The number of aromatic nitrogens is 2. The first-order chi connectivity index (χ1) is 17.8. The maximum atomic E-state index is 13.6. The zero-order chi connectivity index (χ0) is 25.9. The van der Waals surface area contributed by atoms with Crippen LogP contribution in [0.4, 0.5) is 5.69 Å². The Morgan fingerprint density at radius 3 is 2.76 bits per heavy atom. The van der Waals surface area contributed by atoms with Gasteiger partial charge in [-0.15, -0.1) is 0 Å². The molecule has 0 radical (unpaired) electrons. The van der Waals surface area contributed by atoms with Crippen LogP contribution in [0.2, 0.25) is 0 Å². The lowest BCUT2D eigenvalue weighted by Gasteiger charge is -2.37. The van der Waals surface area contributed by atoms with E-state index < -0.39 is 22.5 Å². The molecular formula is C27H25N3O7. The summed E-state index contributed by atoms with van der Waals surface area (Å²) in [6, 6.07) is 8.07. The summed E-state index contributed by atoms with van der Waals surface area (Å²) >= 11 is 0. The van der Waals surface area contributed by atoms with E-state index in [1.807, 2.05) is 0 Å². The predicted octanol–water partition coefficient (Wildman–Crippen LogP) is 4.12. The first-order valence-corrected chi connectivity index (χ1v) is 12.6. The predicted molar refractivity (Wildman–Crippen MR) is 132 cm³/mol. The Morgan fingerprint density at radius 2 is 2.03 bits per heavy atom. The van der Waals surface area contributed by atoms with Crippen molar-refractivity contribution < 1.29 is 24.0 Å². The summed E-state index contributed by atoms with van der Waals surface area (Å²) in [4.78, 5) is 55.7. The van der Waals surface area contributed by atoms with E-state index in [-0.39, 0.29) is 42.3 Å². The van der Waals surface area contributed by atoms with Gasteiger partial charge >= 0.3 is 11.9 Å². The van der Waals surface area contributed by atoms with Gasteiger partial charge in [-0.2, -0.15) is 0 Å². The van der Waals surface area contributed by atoms with Crippen molar-refractivity contribution in [2.24, 2.45) is 5.92 Å². The maximum Gasteiger partial charge on any atom is 0.355 e. The van der Waals surface area contributed by atoms with Crippen LogP contribution in [0.1, 0.15) is 62.1 Å². The summed E-state index contributed by atoms with van der Waals surface area (Å²) in [6.45, 7) is 1.70. The van der Waals surface area contributed by atoms with Gasteiger partial charge < -0.3 is 14.0 Å². The third kappa shape index (κ3) is 3.46. The lowest BCUT2D eigenvalue weighted by molar-refractivity contribution is -0.383. The minimum absolute atomic E-state index is 0.0611.